The van der Waals surface area contributed by atoms with E-state index < -0.39 is 0 Å². The third kappa shape index (κ3) is 3.30. The number of benzene rings is 3. The molecule has 0 unspecified atom stereocenters. The van der Waals surface area contributed by atoms with Crippen molar-refractivity contribution in [1.29, 1.82) is 0 Å². The van der Waals surface area contributed by atoms with Crippen LogP contribution in [0.5, 0.6) is 5.75 Å². The lowest BCUT2D eigenvalue weighted by Gasteiger charge is -2.01. The molecular weight excluding hydrogens is 338 g/mol. The summed E-state index contributed by atoms with van der Waals surface area (Å²) in [4.78, 5) is 17.4. The molecule has 0 amide bonds. The van der Waals surface area contributed by atoms with Crippen LogP contribution in [0.3, 0.4) is 0 Å². The molecule has 1 aromatic heterocycles. The standard InChI is InChI=1S/C22H17N3O2/c26-20-14-8-7-13-19(20)23-15-18-21(16-9-3-1-4-10-16)24-25(22(18)27)17-11-5-2-6-12-17/h1-15,24,26H. The topological polar surface area (TPSA) is 70.4 Å². The summed E-state index contributed by atoms with van der Waals surface area (Å²) >= 11 is 0. The van der Waals surface area contributed by atoms with Crippen molar-refractivity contribution in [2.75, 3.05) is 0 Å². The van der Waals surface area contributed by atoms with E-state index in [2.05, 4.69) is 10.1 Å². The van der Waals surface area contributed by atoms with E-state index in [-0.39, 0.29) is 11.3 Å². The first-order valence-corrected chi connectivity index (χ1v) is 8.52. The fourth-order valence-corrected chi connectivity index (χ4v) is 2.86. The maximum absolute atomic E-state index is 13.0. The maximum atomic E-state index is 13.0. The summed E-state index contributed by atoms with van der Waals surface area (Å²) in [5.41, 5.74) is 2.91. The molecule has 5 nitrogen and oxygen atoms in total. The molecule has 0 saturated heterocycles. The Morgan fingerprint density at radius 1 is 0.852 bits per heavy atom. The summed E-state index contributed by atoms with van der Waals surface area (Å²) < 4.78 is 1.49. The van der Waals surface area contributed by atoms with Gasteiger partial charge in [0.05, 0.1) is 16.9 Å². The van der Waals surface area contributed by atoms with E-state index in [0.717, 1.165) is 11.3 Å². The van der Waals surface area contributed by atoms with Crippen molar-refractivity contribution in [1.82, 2.24) is 9.78 Å². The van der Waals surface area contributed by atoms with Gasteiger partial charge < -0.3 is 5.11 Å². The molecule has 0 radical (unpaired) electrons. The molecule has 0 aliphatic heterocycles. The summed E-state index contributed by atoms with van der Waals surface area (Å²) in [7, 11) is 0. The molecule has 3 aromatic carbocycles. The van der Waals surface area contributed by atoms with Crippen molar-refractivity contribution in [3.8, 4) is 22.7 Å². The second-order valence-electron chi connectivity index (χ2n) is 5.99. The third-order valence-corrected chi connectivity index (χ3v) is 4.22. The van der Waals surface area contributed by atoms with E-state index >= 15 is 0 Å². The van der Waals surface area contributed by atoms with Gasteiger partial charge in [-0.05, 0) is 24.3 Å². The van der Waals surface area contributed by atoms with Crippen LogP contribution >= 0.6 is 0 Å². The predicted octanol–water partition coefficient (Wildman–Crippen LogP) is 4.29. The van der Waals surface area contributed by atoms with Gasteiger partial charge in [-0.3, -0.25) is 14.9 Å². The highest BCUT2D eigenvalue weighted by Crippen LogP contribution is 2.25. The highest BCUT2D eigenvalue weighted by molar-refractivity contribution is 5.90. The van der Waals surface area contributed by atoms with Crippen molar-refractivity contribution in [2.45, 2.75) is 0 Å². The zero-order chi connectivity index (χ0) is 18.6. The second kappa shape index (κ2) is 7.17. The first kappa shape index (κ1) is 16.6. The van der Waals surface area contributed by atoms with Crippen molar-refractivity contribution in [3.63, 3.8) is 0 Å². The number of nitrogens with zero attached hydrogens (tertiary/aromatic N) is 2. The third-order valence-electron chi connectivity index (χ3n) is 4.22. The summed E-state index contributed by atoms with van der Waals surface area (Å²) in [6, 6.07) is 25.7. The Bertz CT molecular complexity index is 1140. The number of phenols is 1. The molecule has 27 heavy (non-hydrogen) atoms. The molecular formula is C22H17N3O2. The fraction of sp³-hybridized carbons (Fsp3) is 0. The largest absolute Gasteiger partial charge is 0.506 e. The number of para-hydroxylation sites is 3. The van der Waals surface area contributed by atoms with Crippen molar-refractivity contribution in [2.24, 2.45) is 4.99 Å². The molecule has 5 heteroatoms. The first-order chi connectivity index (χ1) is 13.2. The summed E-state index contributed by atoms with van der Waals surface area (Å²) in [6.45, 7) is 0. The summed E-state index contributed by atoms with van der Waals surface area (Å²) in [6.07, 6.45) is 1.50. The minimum Gasteiger partial charge on any atom is -0.506 e. The quantitative estimate of drug-likeness (QED) is 0.536. The van der Waals surface area contributed by atoms with E-state index in [1.54, 1.807) is 24.3 Å². The van der Waals surface area contributed by atoms with Gasteiger partial charge in [-0.2, -0.15) is 0 Å². The van der Waals surface area contributed by atoms with Gasteiger partial charge in [0.2, 0.25) is 0 Å². The van der Waals surface area contributed by atoms with Crippen LogP contribution in [0.15, 0.2) is 94.7 Å². The summed E-state index contributed by atoms with van der Waals surface area (Å²) in [5.74, 6) is 0.0638. The van der Waals surface area contributed by atoms with E-state index in [0.29, 0.717) is 16.9 Å². The van der Waals surface area contributed by atoms with E-state index in [9.17, 15) is 9.90 Å². The number of aromatic amines is 1. The Kier molecular flexibility index (Phi) is 4.41. The zero-order valence-corrected chi connectivity index (χ0v) is 14.4. The molecule has 132 valence electrons. The van der Waals surface area contributed by atoms with Crippen LogP contribution in [-0.4, -0.2) is 21.1 Å². The number of aromatic nitrogens is 2. The molecule has 0 aliphatic rings. The number of rotatable bonds is 4. The molecule has 0 fully saturated rings. The van der Waals surface area contributed by atoms with Gasteiger partial charge in [-0.25, -0.2) is 4.68 Å². The average Bonchev–Trinajstić information content (AvgIpc) is 3.05. The van der Waals surface area contributed by atoms with Crippen LogP contribution in [0.4, 0.5) is 5.69 Å². The van der Waals surface area contributed by atoms with Crippen molar-refractivity contribution in [3.05, 3.63) is 101 Å². The van der Waals surface area contributed by atoms with E-state index in [4.69, 9.17) is 0 Å². The van der Waals surface area contributed by atoms with E-state index in [1.165, 1.54) is 10.9 Å². The monoisotopic (exact) mass is 355 g/mol. The zero-order valence-electron chi connectivity index (χ0n) is 14.4. The fourth-order valence-electron chi connectivity index (χ4n) is 2.86. The maximum Gasteiger partial charge on any atom is 0.280 e. The van der Waals surface area contributed by atoms with Gasteiger partial charge in [-0.15, -0.1) is 0 Å². The molecule has 0 spiro atoms. The van der Waals surface area contributed by atoms with Gasteiger partial charge in [0.1, 0.15) is 11.4 Å². The molecule has 0 saturated carbocycles. The summed E-state index contributed by atoms with van der Waals surface area (Å²) in [5, 5.41) is 13.1. The minimum atomic E-state index is -0.209. The van der Waals surface area contributed by atoms with Crippen LogP contribution < -0.4 is 5.56 Å². The van der Waals surface area contributed by atoms with Crippen LogP contribution in [-0.2, 0) is 0 Å². The molecule has 0 bridgehead atoms. The molecule has 2 N–H and O–H groups in total. The Morgan fingerprint density at radius 3 is 2.19 bits per heavy atom. The number of aliphatic imine (C=N–C) groups is 1. The SMILES string of the molecule is O=c1c(C=Nc2ccccc2O)c(-c2ccccc2)[nH]n1-c1ccccc1. The van der Waals surface area contributed by atoms with E-state index in [1.807, 2.05) is 60.7 Å². The highest BCUT2D eigenvalue weighted by atomic mass is 16.3. The van der Waals surface area contributed by atoms with Crippen molar-refractivity contribution >= 4 is 11.9 Å². The van der Waals surface area contributed by atoms with Crippen molar-refractivity contribution < 1.29 is 5.11 Å². The van der Waals surface area contributed by atoms with Gasteiger partial charge >= 0.3 is 0 Å². The highest BCUT2D eigenvalue weighted by Gasteiger charge is 2.15. The van der Waals surface area contributed by atoms with Gasteiger partial charge in [-0.1, -0.05) is 60.7 Å². The average molecular weight is 355 g/mol. The lowest BCUT2D eigenvalue weighted by molar-refractivity contribution is 0.477. The number of H-pyrrole nitrogens is 1. The number of phenolic OH excluding ortho intramolecular Hbond substituents is 1. The second-order valence-corrected chi connectivity index (χ2v) is 5.99. The number of hydrogen-bond acceptors (Lipinski definition) is 3. The Labute approximate surface area is 155 Å². The smallest absolute Gasteiger partial charge is 0.280 e. The molecule has 4 rings (SSSR count). The number of nitrogens with one attached hydrogen (secondary N) is 1. The minimum absolute atomic E-state index is 0.0638. The lowest BCUT2D eigenvalue weighted by Crippen LogP contribution is -2.17. The number of hydrogen-bond donors (Lipinski definition) is 2. The molecule has 4 aromatic rings. The normalized spacial score (nSPS) is 11.1. The van der Waals surface area contributed by atoms with Gasteiger partial charge in [0.15, 0.2) is 0 Å². The van der Waals surface area contributed by atoms with Gasteiger partial charge in [0.25, 0.3) is 5.56 Å². The van der Waals surface area contributed by atoms with Crippen LogP contribution in [0, 0.1) is 0 Å². The van der Waals surface area contributed by atoms with Crippen LogP contribution in [0.1, 0.15) is 5.56 Å². The van der Waals surface area contributed by atoms with Crippen LogP contribution in [0.2, 0.25) is 0 Å². The molecule has 0 aliphatic carbocycles. The Morgan fingerprint density at radius 2 is 1.48 bits per heavy atom. The Balaban J connectivity index is 1.88. The number of aromatic hydroxyl groups is 1. The lowest BCUT2D eigenvalue weighted by atomic mass is 10.1. The Hall–Kier alpha value is -3.86. The molecule has 1 heterocycles. The van der Waals surface area contributed by atoms with Gasteiger partial charge in [0, 0.05) is 11.8 Å². The first-order valence-electron chi connectivity index (χ1n) is 8.52. The predicted molar refractivity (Wildman–Crippen MR) is 107 cm³/mol. The molecule has 0 atom stereocenters. The van der Waals surface area contributed by atoms with Crippen LogP contribution in [0.25, 0.3) is 16.9 Å².